The predicted octanol–water partition coefficient (Wildman–Crippen LogP) is 3.12. The monoisotopic (exact) mass is 403 g/mol. The average Bonchev–Trinajstić information content (AvgIpc) is 2.98. The molecule has 6 nitrogen and oxygen atoms in total. The van der Waals surface area contributed by atoms with Crippen LogP contribution >= 0.6 is 0 Å². The number of anilines is 2. The highest BCUT2D eigenvalue weighted by Gasteiger charge is 2.30. The summed E-state index contributed by atoms with van der Waals surface area (Å²) in [4.78, 5) is 20.5. The Morgan fingerprint density at radius 1 is 1.17 bits per heavy atom. The fraction of sp³-hybridized carbons (Fsp3) is 0.350. The minimum absolute atomic E-state index is 0.0889. The molecule has 2 heterocycles. The molecule has 0 radical (unpaired) electrons. The molecule has 0 saturated carbocycles. The molecule has 0 atom stereocenters. The van der Waals surface area contributed by atoms with Gasteiger partial charge in [-0.2, -0.15) is 18.4 Å². The maximum Gasteiger partial charge on any atom is 0.416 e. The van der Waals surface area contributed by atoms with E-state index in [9.17, 15) is 23.2 Å². The third-order valence-corrected chi connectivity index (χ3v) is 4.69. The lowest BCUT2D eigenvalue weighted by Crippen LogP contribution is -2.38. The van der Waals surface area contributed by atoms with E-state index in [1.54, 1.807) is 23.2 Å². The molecule has 1 aromatic heterocycles. The van der Waals surface area contributed by atoms with E-state index >= 15 is 0 Å². The van der Waals surface area contributed by atoms with Crippen LogP contribution in [0, 0.1) is 11.3 Å². The van der Waals surface area contributed by atoms with Crippen molar-refractivity contribution in [3.05, 3.63) is 53.7 Å². The normalized spacial score (nSPS) is 14.8. The first-order valence-corrected chi connectivity index (χ1v) is 9.17. The summed E-state index contributed by atoms with van der Waals surface area (Å²) in [7, 11) is 0. The van der Waals surface area contributed by atoms with Crippen LogP contribution in [-0.4, -0.2) is 48.5 Å². The molecule has 0 unspecified atom stereocenters. The number of nitrogens with one attached hydrogen (secondary N) is 1. The molecule has 1 saturated heterocycles. The molecule has 2 aromatic rings. The standard InChI is InChI=1S/C20H20F3N5O/c21-20(22,23)16-5-1-6-17(12-16)26-14-18(29)27-8-3-9-28(11-10-27)19-15(13-24)4-2-7-25-19/h1-2,4-7,12,26H,3,8-11,14H2. The lowest BCUT2D eigenvalue weighted by Gasteiger charge is -2.23. The van der Waals surface area contributed by atoms with E-state index in [-0.39, 0.29) is 18.1 Å². The molecule has 0 aliphatic carbocycles. The molecule has 1 fully saturated rings. The maximum absolute atomic E-state index is 12.8. The van der Waals surface area contributed by atoms with Crippen molar-refractivity contribution in [1.29, 1.82) is 5.26 Å². The summed E-state index contributed by atoms with van der Waals surface area (Å²) in [5, 5.41) is 12.0. The van der Waals surface area contributed by atoms with Crippen LogP contribution in [0.5, 0.6) is 0 Å². The smallest absolute Gasteiger partial charge is 0.376 e. The topological polar surface area (TPSA) is 72.3 Å². The molecule has 0 bridgehead atoms. The molecule has 1 amide bonds. The van der Waals surface area contributed by atoms with Crippen molar-refractivity contribution in [1.82, 2.24) is 9.88 Å². The maximum atomic E-state index is 12.8. The third-order valence-electron chi connectivity index (χ3n) is 4.69. The van der Waals surface area contributed by atoms with E-state index < -0.39 is 11.7 Å². The Balaban J connectivity index is 1.58. The van der Waals surface area contributed by atoms with Crippen LogP contribution in [0.2, 0.25) is 0 Å². The average molecular weight is 403 g/mol. The Labute approximate surface area is 166 Å². The second-order valence-electron chi connectivity index (χ2n) is 6.64. The Morgan fingerprint density at radius 2 is 2.00 bits per heavy atom. The molecular formula is C20H20F3N5O. The van der Waals surface area contributed by atoms with Crippen LogP contribution in [0.25, 0.3) is 0 Å². The van der Waals surface area contributed by atoms with Gasteiger partial charge < -0.3 is 15.1 Å². The van der Waals surface area contributed by atoms with Crippen LogP contribution < -0.4 is 10.2 Å². The van der Waals surface area contributed by atoms with E-state index in [2.05, 4.69) is 16.4 Å². The molecule has 0 spiro atoms. The van der Waals surface area contributed by atoms with Gasteiger partial charge in [-0.3, -0.25) is 4.79 Å². The second kappa shape index (κ2) is 8.82. The highest BCUT2D eigenvalue weighted by atomic mass is 19.4. The van der Waals surface area contributed by atoms with Gasteiger partial charge >= 0.3 is 6.18 Å². The van der Waals surface area contributed by atoms with Crippen molar-refractivity contribution < 1.29 is 18.0 Å². The van der Waals surface area contributed by atoms with E-state index in [1.807, 2.05) is 4.90 Å². The van der Waals surface area contributed by atoms with Crippen molar-refractivity contribution in [2.75, 3.05) is 42.9 Å². The summed E-state index contributed by atoms with van der Waals surface area (Å²) in [6.45, 7) is 2.09. The number of carbonyl (C=O) groups excluding carboxylic acids is 1. The lowest BCUT2D eigenvalue weighted by molar-refractivity contribution is -0.137. The zero-order valence-electron chi connectivity index (χ0n) is 15.6. The zero-order chi connectivity index (χ0) is 20.9. The number of alkyl halides is 3. The summed E-state index contributed by atoms with van der Waals surface area (Å²) < 4.78 is 38.4. The Morgan fingerprint density at radius 3 is 2.76 bits per heavy atom. The highest BCUT2D eigenvalue weighted by molar-refractivity contribution is 5.81. The number of pyridine rings is 1. The van der Waals surface area contributed by atoms with Gasteiger partial charge in [0.25, 0.3) is 0 Å². The number of rotatable bonds is 4. The number of amides is 1. The fourth-order valence-corrected chi connectivity index (χ4v) is 3.21. The first-order valence-electron chi connectivity index (χ1n) is 9.17. The first kappa shape index (κ1) is 20.5. The number of benzene rings is 1. The zero-order valence-corrected chi connectivity index (χ0v) is 15.6. The number of nitriles is 1. The van der Waals surface area contributed by atoms with Gasteiger partial charge in [0.15, 0.2) is 0 Å². The SMILES string of the molecule is N#Cc1cccnc1N1CCCN(C(=O)CNc2cccc(C(F)(F)F)c2)CC1. The van der Waals surface area contributed by atoms with Gasteiger partial charge in [0.05, 0.1) is 17.7 Å². The molecular weight excluding hydrogens is 383 g/mol. The molecule has 3 rings (SSSR count). The number of aromatic nitrogens is 1. The van der Waals surface area contributed by atoms with E-state index in [0.29, 0.717) is 44.0 Å². The summed E-state index contributed by atoms with van der Waals surface area (Å²) in [6.07, 6.45) is -2.09. The van der Waals surface area contributed by atoms with Gasteiger partial charge in [-0.1, -0.05) is 6.07 Å². The van der Waals surface area contributed by atoms with Gasteiger partial charge in [0.1, 0.15) is 11.9 Å². The van der Waals surface area contributed by atoms with Gasteiger partial charge in [0.2, 0.25) is 5.91 Å². The Hall–Kier alpha value is -3.28. The fourth-order valence-electron chi connectivity index (χ4n) is 3.21. The Kier molecular flexibility index (Phi) is 6.22. The molecule has 1 aliphatic rings. The number of hydrogen-bond acceptors (Lipinski definition) is 5. The molecule has 29 heavy (non-hydrogen) atoms. The second-order valence-corrected chi connectivity index (χ2v) is 6.64. The quantitative estimate of drug-likeness (QED) is 0.849. The first-order chi connectivity index (χ1) is 13.9. The summed E-state index contributed by atoms with van der Waals surface area (Å²) in [6, 6.07) is 10.3. The van der Waals surface area contributed by atoms with Gasteiger partial charge in [-0.05, 0) is 36.8 Å². The molecule has 1 aliphatic heterocycles. The number of carbonyl (C=O) groups is 1. The van der Waals surface area contributed by atoms with Crippen LogP contribution in [0.4, 0.5) is 24.7 Å². The van der Waals surface area contributed by atoms with Gasteiger partial charge in [-0.15, -0.1) is 0 Å². The van der Waals surface area contributed by atoms with Crippen LogP contribution in [0.1, 0.15) is 17.5 Å². The molecule has 9 heteroatoms. The third kappa shape index (κ3) is 5.16. The van der Waals surface area contributed by atoms with Crippen LogP contribution in [-0.2, 0) is 11.0 Å². The molecule has 1 N–H and O–H groups in total. The van der Waals surface area contributed by atoms with Crippen molar-refractivity contribution in [3.8, 4) is 6.07 Å². The summed E-state index contributed by atoms with van der Waals surface area (Å²) in [5.74, 6) is 0.414. The largest absolute Gasteiger partial charge is 0.416 e. The van der Waals surface area contributed by atoms with E-state index in [0.717, 1.165) is 12.1 Å². The van der Waals surface area contributed by atoms with Crippen molar-refractivity contribution in [2.24, 2.45) is 0 Å². The van der Waals surface area contributed by atoms with Crippen LogP contribution in [0.3, 0.4) is 0 Å². The minimum Gasteiger partial charge on any atom is -0.376 e. The van der Waals surface area contributed by atoms with E-state index in [4.69, 9.17) is 0 Å². The van der Waals surface area contributed by atoms with Crippen molar-refractivity contribution in [3.63, 3.8) is 0 Å². The van der Waals surface area contributed by atoms with Crippen LogP contribution in [0.15, 0.2) is 42.6 Å². The summed E-state index contributed by atoms with van der Waals surface area (Å²) >= 11 is 0. The Bertz CT molecular complexity index is 909. The summed E-state index contributed by atoms with van der Waals surface area (Å²) in [5.41, 5.74) is -0.0284. The predicted molar refractivity (Wildman–Crippen MR) is 102 cm³/mol. The van der Waals surface area contributed by atoms with Crippen molar-refractivity contribution in [2.45, 2.75) is 12.6 Å². The van der Waals surface area contributed by atoms with Crippen molar-refractivity contribution >= 4 is 17.4 Å². The molecule has 152 valence electrons. The molecule has 1 aromatic carbocycles. The highest BCUT2D eigenvalue weighted by Crippen LogP contribution is 2.30. The number of hydrogen-bond donors (Lipinski definition) is 1. The van der Waals surface area contributed by atoms with E-state index in [1.165, 1.54) is 12.1 Å². The van der Waals surface area contributed by atoms with Gasteiger partial charge in [0, 0.05) is 38.1 Å². The lowest BCUT2D eigenvalue weighted by atomic mass is 10.2. The minimum atomic E-state index is -4.43. The number of nitrogens with zero attached hydrogens (tertiary/aromatic N) is 4. The van der Waals surface area contributed by atoms with Gasteiger partial charge in [-0.25, -0.2) is 4.98 Å². The number of halogens is 3.